The maximum Gasteiger partial charge on any atom is 0.227 e. The molecule has 4 heteroatoms. The highest BCUT2D eigenvalue weighted by atomic mass is 16.5. The van der Waals surface area contributed by atoms with Gasteiger partial charge in [0.05, 0.1) is 19.6 Å². The summed E-state index contributed by atoms with van der Waals surface area (Å²) in [5, 5.41) is 0. The van der Waals surface area contributed by atoms with Gasteiger partial charge in [-0.2, -0.15) is 0 Å². The Labute approximate surface area is 131 Å². The zero-order valence-corrected chi connectivity index (χ0v) is 13.2. The first-order chi connectivity index (χ1) is 10.7. The van der Waals surface area contributed by atoms with E-state index in [4.69, 9.17) is 9.47 Å². The van der Waals surface area contributed by atoms with Crippen molar-refractivity contribution in [3.05, 3.63) is 22.8 Å². The third-order valence-electron chi connectivity index (χ3n) is 5.10. The van der Waals surface area contributed by atoms with Crippen LogP contribution in [0.25, 0.3) is 0 Å². The van der Waals surface area contributed by atoms with Gasteiger partial charge in [0.2, 0.25) is 5.91 Å². The summed E-state index contributed by atoms with van der Waals surface area (Å²) in [6.07, 6.45) is 4.63. The van der Waals surface area contributed by atoms with E-state index in [1.165, 1.54) is 17.5 Å². The minimum Gasteiger partial charge on any atom is -0.493 e. The summed E-state index contributed by atoms with van der Waals surface area (Å²) in [4.78, 5) is 14.8. The molecule has 0 N–H and O–H groups in total. The Bertz CT molecular complexity index is 579. The molecular weight excluding hydrogens is 278 g/mol. The largest absolute Gasteiger partial charge is 0.493 e. The molecule has 0 saturated carbocycles. The zero-order valence-electron chi connectivity index (χ0n) is 13.2. The Hall–Kier alpha value is -1.71. The van der Waals surface area contributed by atoms with Gasteiger partial charge in [0.1, 0.15) is 11.5 Å². The van der Waals surface area contributed by atoms with Crippen molar-refractivity contribution in [2.24, 2.45) is 5.92 Å². The third kappa shape index (κ3) is 2.34. The van der Waals surface area contributed by atoms with Crippen LogP contribution < -0.4 is 9.47 Å². The molecule has 3 heterocycles. The van der Waals surface area contributed by atoms with E-state index in [9.17, 15) is 4.79 Å². The van der Waals surface area contributed by atoms with Crippen LogP contribution in [0.5, 0.6) is 11.5 Å². The molecule has 1 fully saturated rings. The summed E-state index contributed by atoms with van der Waals surface area (Å²) >= 11 is 0. The lowest BCUT2D eigenvalue weighted by molar-refractivity contribution is -0.132. The van der Waals surface area contributed by atoms with Gasteiger partial charge < -0.3 is 14.4 Å². The van der Waals surface area contributed by atoms with Crippen LogP contribution in [0.1, 0.15) is 36.5 Å². The molecular formula is C18H23NO3. The molecule has 118 valence electrons. The second kappa shape index (κ2) is 5.49. The van der Waals surface area contributed by atoms with Crippen molar-refractivity contribution in [2.45, 2.75) is 39.0 Å². The van der Waals surface area contributed by atoms with Gasteiger partial charge >= 0.3 is 0 Å². The normalized spacial score (nSPS) is 22.8. The minimum atomic E-state index is 0.240. The van der Waals surface area contributed by atoms with Gasteiger partial charge in [-0.15, -0.1) is 0 Å². The number of nitrogens with zero attached hydrogens (tertiary/aromatic N) is 1. The summed E-state index contributed by atoms with van der Waals surface area (Å²) in [6.45, 7) is 5.47. The van der Waals surface area contributed by atoms with Gasteiger partial charge in [-0.3, -0.25) is 4.79 Å². The second-order valence-electron chi connectivity index (χ2n) is 6.78. The number of carbonyl (C=O) groups excluding carboxylic acids is 1. The second-order valence-corrected chi connectivity index (χ2v) is 6.78. The summed E-state index contributed by atoms with van der Waals surface area (Å²) in [5.41, 5.74) is 3.49. The van der Waals surface area contributed by atoms with Crippen LogP contribution in [-0.2, 0) is 24.1 Å². The first-order valence-corrected chi connectivity index (χ1v) is 8.43. The van der Waals surface area contributed by atoms with Gasteiger partial charge in [-0.05, 0) is 24.8 Å². The predicted molar refractivity (Wildman–Crippen MR) is 83.5 cm³/mol. The predicted octanol–water partition coefficient (Wildman–Crippen LogP) is 2.36. The number of piperidine rings is 1. The van der Waals surface area contributed by atoms with Crippen LogP contribution >= 0.6 is 0 Å². The average molecular weight is 301 g/mol. The number of carbonyl (C=O) groups is 1. The summed E-state index contributed by atoms with van der Waals surface area (Å²) in [5.74, 6) is 2.79. The Balaban J connectivity index is 1.61. The number of hydrogen-bond donors (Lipinski definition) is 0. The van der Waals surface area contributed by atoms with Crippen LogP contribution in [0, 0.1) is 5.92 Å². The Kier molecular flexibility index (Phi) is 3.47. The molecule has 4 nitrogen and oxygen atoms in total. The fourth-order valence-electron chi connectivity index (χ4n) is 3.95. The van der Waals surface area contributed by atoms with E-state index in [1.54, 1.807) is 0 Å². The molecule has 0 spiro atoms. The van der Waals surface area contributed by atoms with Gasteiger partial charge in [0.15, 0.2) is 0 Å². The maximum atomic E-state index is 12.7. The highest BCUT2D eigenvalue weighted by Crippen LogP contribution is 2.41. The first kappa shape index (κ1) is 13.9. The molecule has 0 aliphatic carbocycles. The smallest absolute Gasteiger partial charge is 0.227 e. The van der Waals surface area contributed by atoms with Crippen LogP contribution in [-0.4, -0.2) is 37.1 Å². The Morgan fingerprint density at radius 3 is 3.05 bits per heavy atom. The molecule has 1 atom stereocenters. The SMILES string of the molecule is CC1CCCN(C(=O)Cc2c3c(cc4c2OCC4)OCC3)C1. The quantitative estimate of drug-likeness (QED) is 0.842. The van der Waals surface area contributed by atoms with Crippen LogP contribution in [0.3, 0.4) is 0 Å². The minimum absolute atomic E-state index is 0.240. The number of benzene rings is 1. The monoisotopic (exact) mass is 301 g/mol. The van der Waals surface area contributed by atoms with E-state index in [2.05, 4.69) is 13.0 Å². The number of likely N-dealkylation sites (tertiary alicyclic amines) is 1. The molecule has 0 aromatic heterocycles. The fraction of sp³-hybridized carbons (Fsp3) is 0.611. The van der Waals surface area contributed by atoms with Crippen LogP contribution in [0.4, 0.5) is 0 Å². The van der Waals surface area contributed by atoms with Crippen molar-refractivity contribution in [3.63, 3.8) is 0 Å². The van der Waals surface area contributed by atoms with Crippen molar-refractivity contribution < 1.29 is 14.3 Å². The standard InChI is InChI=1S/C18H23NO3/c1-12-3-2-6-19(11-12)17(20)10-15-14-5-8-21-16(14)9-13-4-7-22-18(13)15/h9,12H,2-8,10-11H2,1H3. The molecule has 1 amide bonds. The van der Waals surface area contributed by atoms with E-state index in [1.807, 2.05) is 4.90 Å². The Morgan fingerprint density at radius 2 is 2.18 bits per heavy atom. The van der Waals surface area contributed by atoms with Crippen molar-refractivity contribution in [1.29, 1.82) is 0 Å². The van der Waals surface area contributed by atoms with Gasteiger partial charge in [0.25, 0.3) is 0 Å². The maximum absolute atomic E-state index is 12.7. The highest BCUT2D eigenvalue weighted by molar-refractivity contribution is 5.81. The molecule has 1 aromatic rings. The number of fused-ring (bicyclic) bond motifs is 2. The van der Waals surface area contributed by atoms with E-state index in [-0.39, 0.29) is 5.91 Å². The topological polar surface area (TPSA) is 38.8 Å². The molecule has 0 radical (unpaired) electrons. The molecule has 1 unspecified atom stereocenters. The highest BCUT2D eigenvalue weighted by Gasteiger charge is 2.29. The summed E-state index contributed by atoms with van der Waals surface area (Å²) in [7, 11) is 0. The molecule has 3 aliphatic heterocycles. The molecule has 3 aliphatic rings. The van der Waals surface area contributed by atoms with Gasteiger partial charge in [-0.25, -0.2) is 0 Å². The van der Waals surface area contributed by atoms with Crippen molar-refractivity contribution in [3.8, 4) is 11.5 Å². The average Bonchev–Trinajstić information content (AvgIpc) is 3.15. The number of amides is 1. The van der Waals surface area contributed by atoms with Gasteiger partial charge in [-0.1, -0.05) is 6.92 Å². The summed E-state index contributed by atoms with van der Waals surface area (Å²) < 4.78 is 11.6. The van der Waals surface area contributed by atoms with E-state index < -0.39 is 0 Å². The fourth-order valence-corrected chi connectivity index (χ4v) is 3.95. The van der Waals surface area contributed by atoms with E-state index in [0.29, 0.717) is 12.3 Å². The van der Waals surface area contributed by atoms with Crippen LogP contribution in [0.2, 0.25) is 0 Å². The zero-order chi connectivity index (χ0) is 15.1. The lowest BCUT2D eigenvalue weighted by atomic mass is 9.95. The third-order valence-corrected chi connectivity index (χ3v) is 5.10. The van der Waals surface area contributed by atoms with E-state index in [0.717, 1.165) is 62.6 Å². The molecule has 1 aromatic carbocycles. The molecule has 1 saturated heterocycles. The lowest BCUT2D eigenvalue weighted by Crippen LogP contribution is -2.40. The summed E-state index contributed by atoms with van der Waals surface area (Å²) in [6, 6.07) is 2.11. The van der Waals surface area contributed by atoms with Gasteiger partial charge in [0, 0.05) is 42.6 Å². The Morgan fingerprint density at radius 1 is 1.32 bits per heavy atom. The molecule has 22 heavy (non-hydrogen) atoms. The van der Waals surface area contributed by atoms with Crippen molar-refractivity contribution in [2.75, 3.05) is 26.3 Å². The number of hydrogen-bond acceptors (Lipinski definition) is 3. The molecule has 4 rings (SSSR count). The number of ether oxygens (including phenoxy) is 2. The van der Waals surface area contributed by atoms with Crippen molar-refractivity contribution >= 4 is 5.91 Å². The lowest BCUT2D eigenvalue weighted by Gasteiger charge is -2.31. The van der Waals surface area contributed by atoms with Crippen LogP contribution in [0.15, 0.2) is 6.07 Å². The van der Waals surface area contributed by atoms with E-state index >= 15 is 0 Å². The van der Waals surface area contributed by atoms with Crippen molar-refractivity contribution in [1.82, 2.24) is 4.90 Å². The number of rotatable bonds is 2. The first-order valence-electron chi connectivity index (χ1n) is 8.43. The molecule has 0 bridgehead atoms.